The minimum absolute atomic E-state index is 0.0187. The van der Waals surface area contributed by atoms with Gasteiger partial charge in [0.15, 0.2) is 0 Å². The number of ether oxygens (including phenoxy) is 1. The fourth-order valence-corrected chi connectivity index (χ4v) is 2.53. The van der Waals surface area contributed by atoms with Crippen LogP contribution < -0.4 is 16.0 Å². The number of aryl methyl sites for hydroxylation is 2. The monoisotopic (exact) mass is 322 g/mol. The van der Waals surface area contributed by atoms with E-state index in [-0.39, 0.29) is 22.5 Å². The number of nitriles is 2. The number of nitrogens with two attached hydrogens (primary N) is 1. The Balaban J connectivity index is 2.84. The standard InChI is InChI=1S/C17H14N4O3/c1-8-4-11(5-9(2)15(8)24-10(3)22)14-12(6-18)16(20)21-17(23)13(14)7-19/h4-5H,1-3H3,(H3,20,21,23). The summed E-state index contributed by atoms with van der Waals surface area (Å²) in [5.41, 5.74) is 6.78. The smallest absolute Gasteiger partial charge is 0.308 e. The van der Waals surface area contributed by atoms with Crippen molar-refractivity contribution in [1.82, 2.24) is 4.98 Å². The highest BCUT2D eigenvalue weighted by Gasteiger charge is 2.20. The minimum atomic E-state index is -0.664. The number of nitrogens with one attached hydrogen (secondary N) is 1. The molecule has 0 spiro atoms. The van der Waals surface area contributed by atoms with Crippen LogP contribution in [0.15, 0.2) is 16.9 Å². The van der Waals surface area contributed by atoms with Gasteiger partial charge in [-0.25, -0.2) is 0 Å². The summed E-state index contributed by atoms with van der Waals surface area (Å²) in [5.74, 6) is -0.151. The van der Waals surface area contributed by atoms with Crippen LogP contribution in [0.1, 0.15) is 29.2 Å². The summed E-state index contributed by atoms with van der Waals surface area (Å²) < 4.78 is 5.17. The molecule has 3 N–H and O–H groups in total. The highest BCUT2D eigenvalue weighted by molar-refractivity contribution is 5.82. The lowest BCUT2D eigenvalue weighted by atomic mass is 9.93. The maximum atomic E-state index is 12.0. The molecule has 24 heavy (non-hydrogen) atoms. The SMILES string of the molecule is CC(=O)Oc1c(C)cc(-c2c(C#N)c(N)[nH]c(=O)c2C#N)cc1C. The molecule has 0 aliphatic rings. The fourth-order valence-electron chi connectivity index (χ4n) is 2.53. The first-order valence-corrected chi connectivity index (χ1v) is 6.96. The van der Waals surface area contributed by atoms with E-state index >= 15 is 0 Å². The highest BCUT2D eigenvalue weighted by atomic mass is 16.5. The number of nitrogens with zero attached hydrogens (tertiary/aromatic N) is 2. The summed E-state index contributed by atoms with van der Waals surface area (Å²) in [6.45, 7) is 4.75. The molecule has 0 unspecified atom stereocenters. The van der Waals surface area contributed by atoms with Crippen molar-refractivity contribution in [3.8, 4) is 29.0 Å². The molecule has 1 aromatic heterocycles. The van der Waals surface area contributed by atoms with E-state index in [2.05, 4.69) is 4.98 Å². The molecular formula is C17H14N4O3. The maximum absolute atomic E-state index is 12.0. The molecule has 1 heterocycles. The van der Waals surface area contributed by atoms with Gasteiger partial charge in [0.1, 0.15) is 34.8 Å². The molecule has 0 aliphatic heterocycles. The third-order valence-electron chi connectivity index (χ3n) is 3.46. The molecule has 7 nitrogen and oxygen atoms in total. The summed E-state index contributed by atoms with van der Waals surface area (Å²) in [4.78, 5) is 25.5. The van der Waals surface area contributed by atoms with E-state index in [0.29, 0.717) is 22.4 Å². The van der Waals surface area contributed by atoms with Gasteiger partial charge in [-0.1, -0.05) is 0 Å². The van der Waals surface area contributed by atoms with Crippen LogP contribution in [0.3, 0.4) is 0 Å². The molecule has 0 saturated heterocycles. The molecular weight excluding hydrogens is 308 g/mol. The second-order valence-electron chi connectivity index (χ2n) is 5.25. The van der Waals surface area contributed by atoms with Crippen molar-refractivity contribution in [2.75, 3.05) is 5.73 Å². The van der Waals surface area contributed by atoms with Gasteiger partial charge < -0.3 is 15.5 Å². The Hall–Kier alpha value is -3.58. The lowest BCUT2D eigenvalue weighted by molar-refractivity contribution is -0.131. The second kappa shape index (κ2) is 6.27. The Morgan fingerprint density at radius 3 is 2.17 bits per heavy atom. The molecule has 2 aromatic rings. The molecule has 0 aliphatic carbocycles. The number of benzene rings is 1. The van der Waals surface area contributed by atoms with Crippen LogP contribution in [0.4, 0.5) is 5.82 Å². The maximum Gasteiger partial charge on any atom is 0.308 e. The van der Waals surface area contributed by atoms with E-state index in [1.54, 1.807) is 26.0 Å². The summed E-state index contributed by atoms with van der Waals surface area (Å²) in [5, 5.41) is 18.6. The number of pyridine rings is 1. The van der Waals surface area contributed by atoms with Crippen molar-refractivity contribution in [1.29, 1.82) is 10.5 Å². The highest BCUT2D eigenvalue weighted by Crippen LogP contribution is 2.34. The van der Waals surface area contributed by atoms with Gasteiger partial charge in [-0.15, -0.1) is 0 Å². The van der Waals surface area contributed by atoms with E-state index in [4.69, 9.17) is 10.5 Å². The predicted octanol–water partition coefficient (Wildman–Crippen LogP) is 1.91. The Morgan fingerprint density at radius 2 is 1.71 bits per heavy atom. The first-order valence-electron chi connectivity index (χ1n) is 6.96. The van der Waals surface area contributed by atoms with Gasteiger partial charge in [-0.3, -0.25) is 9.59 Å². The molecule has 0 bridgehead atoms. The van der Waals surface area contributed by atoms with Crippen LogP contribution in [0.5, 0.6) is 5.75 Å². The number of esters is 1. The van der Waals surface area contributed by atoms with Crippen molar-refractivity contribution in [3.05, 3.63) is 44.7 Å². The third kappa shape index (κ3) is 2.83. The van der Waals surface area contributed by atoms with Gasteiger partial charge in [0, 0.05) is 12.5 Å². The predicted molar refractivity (Wildman–Crippen MR) is 87.1 cm³/mol. The van der Waals surface area contributed by atoms with E-state index in [0.717, 1.165) is 0 Å². The lowest BCUT2D eigenvalue weighted by Crippen LogP contribution is -2.16. The number of anilines is 1. The van der Waals surface area contributed by atoms with Crippen molar-refractivity contribution in [2.24, 2.45) is 0 Å². The number of hydrogen-bond acceptors (Lipinski definition) is 6. The van der Waals surface area contributed by atoms with E-state index < -0.39 is 11.5 Å². The van der Waals surface area contributed by atoms with Gasteiger partial charge in [0.05, 0.1) is 0 Å². The quantitative estimate of drug-likeness (QED) is 0.641. The molecule has 2 rings (SSSR count). The van der Waals surface area contributed by atoms with Crippen LogP contribution in [-0.2, 0) is 4.79 Å². The zero-order valence-corrected chi connectivity index (χ0v) is 13.4. The second-order valence-corrected chi connectivity index (χ2v) is 5.25. The van der Waals surface area contributed by atoms with Crippen molar-refractivity contribution >= 4 is 11.8 Å². The number of carbonyl (C=O) groups excluding carboxylic acids is 1. The molecule has 0 radical (unpaired) electrons. The van der Waals surface area contributed by atoms with Crippen molar-refractivity contribution < 1.29 is 9.53 Å². The van der Waals surface area contributed by atoms with E-state index in [9.17, 15) is 20.1 Å². The molecule has 0 atom stereocenters. The van der Waals surface area contributed by atoms with Crippen molar-refractivity contribution in [3.63, 3.8) is 0 Å². The third-order valence-corrected chi connectivity index (χ3v) is 3.46. The van der Waals surface area contributed by atoms with Crippen molar-refractivity contribution in [2.45, 2.75) is 20.8 Å². The van der Waals surface area contributed by atoms with Crippen LogP contribution in [-0.4, -0.2) is 11.0 Å². The Morgan fingerprint density at radius 1 is 1.17 bits per heavy atom. The van der Waals surface area contributed by atoms with Crippen LogP contribution >= 0.6 is 0 Å². The number of H-pyrrole nitrogens is 1. The first kappa shape index (κ1) is 16.8. The number of aromatic nitrogens is 1. The molecule has 1 aromatic carbocycles. The van der Waals surface area contributed by atoms with Gasteiger partial charge in [0.25, 0.3) is 5.56 Å². The number of rotatable bonds is 2. The Kier molecular flexibility index (Phi) is 4.38. The zero-order chi connectivity index (χ0) is 18.0. The topological polar surface area (TPSA) is 133 Å². The largest absolute Gasteiger partial charge is 0.426 e. The molecule has 7 heteroatoms. The average molecular weight is 322 g/mol. The average Bonchev–Trinajstić information content (AvgIpc) is 2.49. The number of hydrogen-bond donors (Lipinski definition) is 2. The number of aromatic amines is 1. The van der Waals surface area contributed by atoms with Gasteiger partial charge in [0.2, 0.25) is 0 Å². The lowest BCUT2D eigenvalue weighted by Gasteiger charge is -2.14. The normalized spacial score (nSPS) is 9.88. The van der Waals surface area contributed by atoms with Crippen LogP contribution in [0, 0.1) is 36.5 Å². The Bertz CT molecular complexity index is 968. The van der Waals surface area contributed by atoms with Gasteiger partial charge in [-0.2, -0.15) is 10.5 Å². The number of carbonyl (C=O) groups is 1. The first-order chi connectivity index (χ1) is 11.3. The minimum Gasteiger partial charge on any atom is -0.426 e. The zero-order valence-electron chi connectivity index (χ0n) is 13.4. The summed E-state index contributed by atoms with van der Waals surface area (Å²) in [6.07, 6.45) is 0. The van der Waals surface area contributed by atoms with Gasteiger partial charge in [-0.05, 0) is 42.7 Å². The summed E-state index contributed by atoms with van der Waals surface area (Å²) in [6, 6.07) is 7.01. The molecule has 0 saturated carbocycles. The van der Waals surface area contributed by atoms with Crippen LogP contribution in [0.2, 0.25) is 0 Å². The van der Waals surface area contributed by atoms with E-state index in [1.807, 2.05) is 12.1 Å². The molecule has 0 amide bonds. The molecule has 0 fully saturated rings. The van der Waals surface area contributed by atoms with Crippen LogP contribution in [0.25, 0.3) is 11.1 Å². The van der Waals surface area contributed by atoms with Gasteiger partial charge >= 0.3 is 5.97 Å². The Labute approximate surface area is 137 Å². The number of nitrogen functional groups attached to an aromatic ring is 1. The van der Waals surface area contributed by atoms with E-state index in [1.165, 1.54) is 6.92 Å². The summed E-state index contributed by atoms with van der Waals surface area (Å²) in [7, 11) is 0. The molecule has 120 valence electrons. The fraction of sp³-hybridized carbons (Fsp3) is 0.176. The summed E-state index contributed by atoms with van der Waals surface area (Å²) >= 11 is 0.